The Hall–Kier alpha value is -2.93. The van der Waals surface area contributed by atoms with Gasteiger partial charge in [-0.1, -0.05) is 24.8 Å². The van der Waals surface area contributed by atoms with Gasteiger partial charge >= 0.3 is 0 Å². The highest BCUT2D eigenvalue weighted by molar-refractivity contribution is 7.07. The Morgan fingerprint density at radius 3 is 2.42 bits per heavy atom. The molecule has 0 bridgehead atoms. The van der Waals surface area contributed by atoms with E-state index >= 15 is 0 Å². The van der Waals surface area contributed by atoms with Crippen LogP contribution in [0.5, 0.6) is 0 Å². The van der Waals surface area contributed by atoms with E-state index in [1.807, 2.05) is 25.1 Å². The third kappa shape index (κ3) is 6.64. The number of carbonyl (C=O) groups excluding carboxylic acids is 1. The van der Waals surface area contributed by atoms with Crippen molar-refractivity contribution in [2.24, 2.45) is 0 Å². The number of morpholine rings is 1. The molecule has 190 valence electrons. The Balaban J connectivity index is 0.000000211. The highest BCUT2D eigenvalue weighted by Crippen LogP contribution is 2.29. The number of likely N-dealkylation sites (tertiary alicyclic amines) is 1. The van der Waals surface area contributed by atoms with Crippen molar-refractivity contribution < 1.29 is 9.53 Å². The van der Waals surface area contributed by atoms with Gasteiger partial charge in [0.2, 0.25) is 6.41 Å². The van der Waals surface area contributed by atoms with Crippen LogP contribution in [0.25, 0.3) is 5.57 Å². The van der Waals surface area contributed by atoms with Crippen molar-refractivity contribution in [3.05, 3.63) is 88.1 Å². The van der Waals surface area contributed by atoms with E-state index in [-0.39, 0.29) is 0 Å². The largest absolute Gasteiger partial charge is 0.378 e. The molecule has 0 saturated carbocycles. The predicted octanol–water partition coefficient (Wildman–Crippen LogP) is 6.37. The molecule has 0 aliphatic carbocycles. The third-order valence-corrected chi connectivity index (χ3v) is 7.80. The number of aryl methyl sites for hydroxylation is 1. The number of rotatable bonds is 7. The molecule has 2 aliphatic heterocycles. The van der Waals surface area contributed by atoms with Crippen LogP contribution in [0.4, 0.5) is 11.4 Å². The van der Waals surface area contributed by atoms with E-state index in [0.29, 0.717) is 12.5 Å². The van der Waals surface area contributed by atoms with Crippen LogP contribution in [0, 0.1) is 6.92 Å². The van der Waals surface area contributed by atoms with Crippen molar-refractivity contribution >= 4 is 34.7 Å². The van der Waals surface area contributed by atoms with Crippen LogP contribution >= 0.6 is 11.3 Å². The molecule has 6 heteroatoms. The van der Waals surface area contributed by atoms with Crippen LogP contribution in [0.2, 0.25) is 0 Å². The lowest BCUT2D eigenvalue weighted by Crippen LogP contribution is -2.36. The summed E-state index contributed by atoms with van der Waals surface area (Å²) in [4.78, 5) is 15.6. The molecule has 36 heavy (non-hydrogen) atoms. The Morgan fingerprint density at radius 1 is 1.06 bits per heavy atom. The maximum atomic E-state index is 10.7. The minimum atomic E-state index is 0.638. The van der Waals surface area contributed by atoms with E-state index in [0.717, 1.165) is 54.3 Å². The van der Waals surface area contributed by atoms with E-state index in [9.17, 15) is 4.79 Å². The SMILES string of the molecule is C=C(c1ccc(N2CCOCC2)cc1)c1cc(NC=O)ccc1C.CC(c1ccsc1)N1CCCC1. The molecular weight excluding hydrogens is 466 g/mol. The number of thiophene rings is 1. The zero-order valence-electron chi connectivity index (χ0n) is 21.4. The quantitative estimate of drug-likeness (QED) is 0.381. The minimum Gasteiger partial charge on any atom is -0.378 e. The van der Waals surface area contributed by atoms with Crippen molar-refractivity contribution in [3.8, 4) is 0 Å². The van der Waals surface area contributed by atoms with Gasteiger partial charge in [0.1, 0.15) is 0 Å². The van der Waals surface area contributed by atoms with E-state index in [4.69, 9.17) is 4.74 Å². The Kier molecular flexibility index (Phi) is 9.34. The molecule has 1 unspecified atom stereocenters. The molecule has 1 N–H and O–H groups in total. The number of nitrogens with zero attached hydrogens (tertiary/aromatic N) is 2. The zero-order chi connectivity index (χ0) is 25.3. The van der Waals surface area contributed by atoms with Gasteiger partial charge in [-0.05, 0) is 109 Å². The lowest BCUT2D eigenvalue weighted by molar-refractivity contribution is -0.105. The van der Waals surface area contributed by atoms with Gasteiger partial charge in [-0.2, -0.15) is 11.3 Å². The van der Waals surface area contributed by atoms with Gasteiger partial charge in [0.15, 0.2) is 0 Å². The standard InChI is InChI=1S/C20H22N2O2.C10H15NS/c1-15-3-6-18(21-14-23)13-20(15)16(2)17-4-7-19(8-5-17)22-9-11-24-12-10-22;1-9(10-4-7-12-8-10)11-5-2-3-6-11/h3-8,13-14H,2,9-12H2,1H3,(H,21,23);4,7-9H,2-3,5-6H2,1H3. The monoisotopic (exact) mass is 503 g/mol. The number of hydrogen-bond acceptors (Lipinski definition) is 5. The summed E-state index contributed by atoms with van der Waals surface area (Å²) < 4.78 is 5.40. The summed E-state index contributed by atoms with van der Waals surface area (Å²) in [5, 5.41) is 7.13. The second kappa shape index (κ2) is 12.9. The van der Waals surface area contributed by atoms with Crippen LogP contribution in [0.1, 0.15) is 48.1 Å². The molecule has 2 saturated heterocycles. The van der Waals surface area contributed by atoms with Crippen molar-refractivity contribution in [2.45, 2.75) is 32.7 Å². The van der Waals surface area contributed by atoms with Crippen molar-refractivity contribution in [1.29, 1.82) is 0 Å². The second-order valence-corrected chi connectivity index (χ2v) is 10.2. The van der Waals surface area contributed by atoms with Gasteiger partial charge in [-0.3, -0.25) is 9.69 Å². The summed E-state index contributed by atoms with van der Waals surface area (Å²) >= 11 is 1.80. The number of amides is 1. The van der Waals surface area contributed by atoms with Crippen molar-refractivity contribution in [1.82, 2.24) is 4.90 Å². The van der Waals surface area contributed by atoms with Crippen LogP contribution in [0.3, 0.4) is 0 Å². The average molecular weight is 504 g/mol. The van der Waals surface area contributed by atoms with Crippen molar-refractivity contribution in [3.63, 3.8) is 0 Å². The van der Waals surface area contributed by atoms with E-state index < -0.39 is 0 Å². The Morgan fingerprint density at radius 2 is 1.78 bits per heavy atom. The van der Waals surface area contributed by atoms with Crippen molar-refractivity contribution in [2.75, 3.05) is 49.6 Å². The average Bonchev–Trinajstić information content (AvgIpc) is 3.65. The van der Waals surface area contributed by atoms with Crippen LogP contribution < -0.4 is 10.2 Å². The normalized spacial score (nSPS) is 16.7. The fraction of sp³-hybridized carbons (Fsp3) is 0.367. The molecule has 2 aromatic carbocycles. The van der Waals surface area contributed by atoms with Crippen LogP contribution in [0.15, 0.2) is 65.9 Å². The highest BCUT2D eigenvalue weighted by Gasteiger charge is 2.19. The number of anilines is 2. The Bertz CT molecular complexity index is 1120. The van der Waals surface area contributed by atoms with Crippen LogP contribution in [-0.2, 0) is 9.53 Å². The lowest BCUT2D eigenvalue weighted by Gasteiger charge is -2.29. The van der Waals surface area contributed by atoms with Gasteiger partial charge in [-0.15, -0.1) is 0 Å². The topological polar surface area (TPSA) is 44.8 Å². The summed E-state index contributed by atoms with van der Waals surface area (Å²) in [5.74, 6) is 0. The zero-order valence-corrected chi connectivity index (χ0v) is 22.2. The first-order valence-corrected chi connectivity index (χ1v) is 13.7. The molecule has 3 aromatic rings. The van der Waals surface area contributed by atoms with Gasteiger partial charge in [0, 0.05) is 30.5 Å². The first-order chi connectivity index (χ1) is 17.6. The molecular formula is C30H37N3O2S. The van der Waals surface area contributed by atoms with Crippen LogP contribution in [-0.4, -0.2) is 50.7 Å². The van der Waals surface area contributed by atoms with Gasteiger partial charge in [0.25, 0.3) is 0 Å². The molecule has 5 nitrogen and oxygen atoms in total. The summed E-state index contributed by atoms with van der Waals surface area (Å²) in [6.45, 7) is 14.6. The lowest BCUT2D eigenvalue weighted by atomic mass is 9.95. The molecule has 1 aromatic heterocycles. The maximum Gasteiger partial charge on any atom is 0.211 e. The number of carbonyl (C=O) groups is 1. The molecule has 2 fully saturated rings. The summed E-state index contributed by atoms with van der Waals surface area (Å²) in [5.41, 5.74) is 7.69. The molecule has 0 radical (unpaired) electrons. The van der Waals surface area contributed by atoms with Gasteiger partial charge in [-0.25, -0.2) is 0 Å². The van der Waals surface area contributed by atoms with E-state index in [1.165, 1.54) is 37.2 Å². The first kappa shape index (κ1) is 26.1. The fourth-order valence-electron chi connectivity index (χ4n) is 4.81. The van der Waals surface area contributed by atoms with E-state index in [2.05, 4.69) is 69.7 Å². The number of nitrogens with one attached hydrogen (secondary N) is 1. The molecule has 1 atom stereocenters. The number of ether oxygens (including phenoxy) is 1. The smallest absolute Gasteiger partial charge is 0.211 e. The van der Waals surface area contributed by atoms with Gasteiger partial charge < -0.3 is 15.0 Å². The highest BCUT2D eigenvalue weighted by atomic mass is 32.1. The predicted molar refractivity (Wildman–Crippen MR) is 152 cm³/mol. The summed E-state index contributed by atoms with van der Waals surface area (Å²) in [7, 11) is 0. The molecule has 1 amide bonds. The fourth-order valence-corrected chi connectivity index (χ4v) is 5.55. The van der Waals surface area contributed by atoms with Gasteiger partial charge in [0.05, 0.1) is 13.2 Å². The molecule has 2 aliphatic rings. The minimum absolute atomic E-state index is 0.638. The number of hydrogen-bond donors (Lipinski definition) is 1. The number of benzene rings is 2. The summed E-state index contributed by atoms with van der Waals surface area (Å²) in [6.07, 6.45) is 3.46. The summed E-state index contributed by atoms with van der Waals surface area (Å²) in [6, 6.07) is 17.2. The second-order valence-electron chi connectivity index (χ2n) is 9.39. The molecule has 3 heterocycles. The first-order valence-electron chi connectivity index (χ1n) is 12.8. The Labute approximate surface area is 219 Å². The van der Waals surface area contributed by atoms with E-state index in [1.54, 1.807) is 11.3 Å². The molecule has 5 rings (SSSR count). The maximum absolute atomic E-state index is 10.7. The third-order valence-electron chi connectivity index (χ3n) is 7.09. The molecule has 0 spiro atoms.